The second-order valence-corrected chi connectivity index (χ2v) is 10.6. The van der Waals surface area contributed by atoms with E-state index in [1.54, 1.807) is 0 Å². The molecule has 0 aliphatic heterocycles. The lowest BCUT2D eigenvalue weighted by Gasteiger charge is -2.45. The molecule has 0 amide bonds. The quantitative estimate of drug-likeness (QED) is 0.627. The third-order valence-corrected chi connectivity index (χ3v) is 6.15. The van der Waals surface area contributed by atoms with Crippen LogP contribution in [0.1, 0.15) is 80.6 Å². The molecule has 2 heteroatoms. The van der Waals surface area contributed by atoms with E-state index in [1.165, 1.54) is 50.2 Å². The first-order valence-corrected chi connectivity index (χ1v) is 10.1. The largest absolute Gasteiger partial charge is 0.312 e. The van der Waals surface area contributed by atoms with E-state index in [9.17, 15) is 0 Å². The van der Waals surface area contributed by atoms with Gasteiger partial charge in [-0.15, -0.1) is 0 Å². The first-order chi connectivity index (χ1) is 9.58. The summed E-state index contributed by atoms with van der Waals surface area (Å²) in [6.07, 6.45) is 7.08. The summed E-state index contributed by atoms with van der Waals surface area (Å²) >= 11 is 2.11. The minimum absolute atomic E-state index is 0.242. The van der Waals surface area contributed by atoms with Gasteiger partial charge in [-0.1, -0.05) is 27.7 Å². The molecule has 1 fully saturated rings. The zero-order valence-electron chi connectivity index (χ0n) is 15.6. The fourth-order valence-electron chi connectivity index (χ4n) is 3.50. The van der Waals surface area contributed by atoms with Crippen molar-refractivity contribution in [2.45, 2.75) is 86.1 Å². The highest BCUT2D eigenvalue weighted by atomic mass is 32.2. The Kier molecular flexibility index (Phi) is 7.12. The molecule has 0 saturated heterocycles. The third-order valence-electron chi connectivity index (χ3n) is 5.25. The Balaban J connectivity index is 2.62. The van der Waals surface area contributed by atoms with Gasteiger partial charge in [0.2, 0.25) is 0 Å². The number of thioether (sulfide) groups is 1. The van der Waals surface area contributed by atoms with Crippen LogP contribution in [0.4, 0.5) is 0 Å². The second-order valence-electron chi connectivity index (χ2n) is 9.19. The average Bonchev–Trinajstić information content (AvgIpc) is 2.36. The van der Waals surface area contributed by atoms with E-state index < -0.39 is 0 Å². The molecule has 126 valence electrons. The van der Waals surface area contributed by atoms with Gasteiger partial charge in [0.1, 0.15) is 0 Å². The zero-order valence-corrected chi connectivity index (χ0v) is 16.5. The van der Waals surface area contributed by atoms with Crippen LogP contribution in [0.15, 0.2) is 0 Å². The van der Waals surface area contributed by atoms with E-state index in [0.717, 1.165) is 5.92 Å². The normalized spacial score (nSPS) is 27.9. The van der Waals surface area contributed by atoms with Crippen LogP contribution in [0, 0.1) is 16.7 Å². The predicted octanol–water partition coefficient (Wildman–Crippen LogP) is 5.74. The van der Waals surface area contributed by atoms with Gasteiger partial charge in [-0.25, -0.2) is 0 Å². The van der Waals surface area contributed by atoms with Gasteiger partial charge in [-0.3, -0.25) is 0 Å². The van der Waals surface area contributed by atoms with E-state index in [4.69, 9.17) is 0 Å². The SMILES string of the molecule is CCSCCC1(CNC(C)(C)C)CCC(C(C)(C)C)CC1. The molecule has 0 unspecified atom stereocenters. The topological polar surface area (TPSA) is 12.0 Å². The monoisotopic (exact) mass is 313 g/mol. The van der Waals surface area contributed by atoms with Crippen molar-refractivity contribution in [3.8, 4) is 0 Å². The van der Waals surface area contributed by atoms with Crippen LogP contribution in [0.2, 0.25) is 0 Å². The summed E-state index contributed by atoms with van der Waals surface area (Å²) in [7, 11) is 0. The first kappa shape index (κ1) is 19.4. The van der Waals surface area contributed by atoms with Gasteiger partial charge in [0.05, 0.1) is 0 Å². The molecule has 0 spiro atoms. The van der Waals surface area contributed by atoms with Crippen molar-refractivity contribution in [1.29, 1.82) is 0 Å². The van der Waals surface area contributed by atoms with Crippen molar-refractivity contribution in [3.63, 3.8) is 0 Å². The first-order valence-electron chi connectivity index (χ1n) is 8.91. The molecule has 1 aliphatic rings. The van der Waals surface area contributed by atoms with Gasteiger partial charge >= 0.3 is 0 Å². The lowest BCUT2D eigenvalue weighted by atomic mass is 9.63. The molecule has 0 aromatic carbocycles. The smallest absolute Gasteiger partial charge is 0.00967 e. The lowest BCUT2D eigenvalue weighted by molar-refractivity contribution is 0.0790. The second kappa shape index (κ2) is 7.73. The predicted molar refractivity (Wildman–Crippen MR) is 99.2 cm³/mol. The molecule has 0 bridgehead atoms. The van der Waals surface area contributed by atoms with Crippen molar-refractivity contribution < 1.29 is 0 Å². The van der Waals surface area contributed by atoms with Gasteiger partial charge in [0.15, 0.2) is 0 Å². The highest BCUT2D eigenvalue weighted by Gasteiger charge is 2.38. The van der Waals surface area contributed by atoms with Crippen molar-refractivity contribution in [1.82, 2.24) is 5.32 Å². The molecule has 1 rings (SSSR count). The highest BCUT2D eigenvalue weighted by Crippen LogP contribution is 2.47. The maximum absolute atomic E-state index is 3.80. The molecule has 0 radical (unpaired) electrons. The Morgan fingerprint density at radius 2 is 1.62 bits per heavy atom. The van der Waals surface area contributed by atoms with Crippen LogP contribution >= 0.6 is 11.8 Å². The van der Waals surface area contributed by atoms with Crippen LogP contribution < -0.4 is 5.32 Å². The maximum Gasteiger partial charge on any atom is 0.00967 e. The van der Waals surface area contributed by atoms with Crippen LogP contribution in [0.3, 0.4) is 0 Å². The molecule has 0 heterocycles. The van der Waals surface area contributed by atoms with E-state index in [2.05, 4.69) is 65.5 Å². The number of rotatable bonds is 6. The third kappa shape index (κ3) is 6.95. The minimum Gasteiger partial charge on any atom is -0.312 e. The Hall–Kier alpha value is 0.310. The molecular formula is C19H39NS. The van der Waals surface area contributed by atoms with Gasteiger partial charge in [-0.05, 0) is 81.1 Å². The van der Waals surface area contributed by atoms with Crippen LogP contribution in [-0.4, -0.2) is 23.6 Å². The van der Waals surface area contributed by atoms with E-state index in [1.807, 2.05) is 0 Å². The molecule has 1 N–H and O–H groups in total. The van der Waals surface area contributed by atoms with Crippen LogP contribution in [0.25, 0.3) is 0 Å². The van der Waals surface area contributed by atoms with E-state index >= 15 is 0 Å². The lowest BCUT2D eigenvalue weighted by Crippen LogP contribution is -2.46. The zero-order chi connectivity index (χ0) is 16.1. The fourth-order valence-corrected chi connectivity index (χ4v) is 4.36. The minimum atomic E-state index is 0.242. The molecule has 1 saturated carbocycles. The van der Waals surface area contributed by atoms with Crippen molar-refractivity contribution in [3.05, 3.63) is 0 Å². The highest BCUT2D eigenvalue weighted by molar-refractivity contribution is 7.99. The molecule has 1 nitrogen and oxygen atoms in total. The maximum atomic E-state index is 3.80. The Labute approximate surface area is 138 Å². The summed E-state index contributed by atoms with van der Waals surface area (Å²) in [5.74, 6) is 3.51. The van der Waals surface area contributed by atoms with Gasteiger partial charge in [-0.2, -0.15) is 11.8 Å². The fraction of sp³-hybridized carbons (Fsp3) is 1.00. The number of nitrogens with one attached hydrogen (secondary N) is 1. The van der Waals surface area contributed by atoms with Crippen LogP contribution in [-0.2, 0) is 0 Å². The van der Waals surface area contributed by atoms with E-state index in [0.29, 0.717) is 10.8 Å². The Morgan fingerprint density at radius 3 is 2.05 bits per heavy atom. The van der Waals surface area contributed by atoms with Crippen molar-refractivity contribution >= 4 is 11.8 Å². The van der Waals surface area contributed by atoms with Crippen LogP contribution in [0.5, 0.6) is 0 Å². The van der Waals surface area contributed by atoms with Crippen molar-refractivity contribution in [2.24, 2.45) is 16.7 Å². The molecule has 21 heavy (non-hydrogen) atoms. The molecule has 0 aromatic heterocycles. The number of hydrogen-bond donors (Lipinski definition) is 1. The molecule has 1 aliphatic carbocycles. The molecule has 0 atom stereocenters. The summed E-state index contributed by atoms with van der Waals surface area (Å²) in [5, 5.41) is 3.80. The summed E-state index contributed by atoms with van der Waals surface area (Å²) in [6, 6.07) is 0. The summed E-state index contributed by atoms with van der Waals surface area (Å²) in [6.45, 7) is 17.6. The Morgan fingerprint density at radius 1 is 1.05 bits per heavy atom. The van der Waals surface area contributed by atoms with Gasteiger partial charge in [0.25, 0.3) is 0 Å². The summed E-state index contributed by atoms with van der Waals surface area (Å²) < 4.78 is 0. The number of hydrogen-bond acceptors (Lipinski definition) is 2. The van der Waals surface area contributed by atoms with Crippen molar-refractivity contribution in [2.75, 3.05) is 18.1 Å². The average molecular weight is 314 g/mol. The Bertz CT molecular complexity index is 290. The standard InChI is InChI=1S/C19H39NS/c1-8-21-14-13-19(15-20-18(5,6)7)11-9-16(10-12-19)17(2,3)4/h16,20H,8-15H2,1-7H3. The molecular weight excluding hydrogens is 274 g/mol. The summed E-state index contributed by atoms with van der Waals surface area (Å²) in [5.41, 5.74) is 1.28. The summed E-state index contributed by atoms with van der Waals surface area (Å²) in [4.78, 5) is 0. The van der Waals surface area contributed by atoms with E-state index in [-0.39, 0.29) is 5.54 Å². The molecule has 0 aromatic rings. The van der Waals surface area contributed by atoms with Gasteiger partial charge in [0, 0.05) is 12.1 Å². The van der Waals surface area contributed by atoms with Gasteiger partial charge < -0.3 is 5.32 Å².